The lowest BCUT2D eigenvalue weighted by atomic mass is 9.95. The van der Waals surface area contributed by atoms with Gasteiger partial charge < -0.3 is 9.47 Å². The molecule has 0 aliphatic heterocycles. The Morgan fingerprint density at radius 2 is 1.63 bits per heavy atom. The third-order valence-electron chi connectivity index (χ3n) is 3.33. The van der Waals surface area contributed by atoms with Crippen LogP contribution in [0.5, 0.6) is 5.75 Å². The maximum absolute atomic E-state index is 5.97. The summed E-state index contributed by atoms with van der Waals surface area (Å²) >= 11 is 0. The molecule has 19 heavy (non-hydrogen) atoms. The molecule has 0 aromatic heterocycles. The molecule has 0 fully saturated rings. The first-order valence-electron chi connectivity index (χ1n) is 7.26. The van der Waals surface area contributed by atoms with Gasteiger partial charge in [-0.3, -0.25) is 0 Å². The summed E-state index contributed by atoms with van der Waals surface area (Å²) in [6.07, 6.45) is 0.941. The first-order chi connectivity index (χ1) is 8.88. The Morgan fingerprint density at radius 3 is 2.05 bits per heavy atom. The molecule has 1 rings (SSSR count). The maximum Gasteiger partial charge on any atom is 0.204 e. The highest BCUT2D eigenvalue weighted by Gasteiger charge is 2.27. The van der Waals surface area contributed by atoms with Crippen LogP contribution in [0.2, 0.25) is 0 Å². The third kappa shape index (κ3) is 4.87. The van der Waals surface area contributed by atoms with E-state index in [1.54, 1.807) is 0 Å². The Labute approximate surface area is 118 Å². The Balaban J connectivity index is 2.75. The van der Waals surface area contributed by atoms with Gasteiger partial charge >= 0.3 is 0 Å². The third-order valence-corrected chi connectivity index (χ3v) is 3.33. The van der Waals surface area contributed by atoms with E-state index in [9.17, 15) is 0 Å². The average molecular weight is 264 g/mol. The summed E-state index contributed by atoms with van der Waals surface area (Å²) in [5.74, 6) is 1.47. The molecule has 1 unspecified atom stereocenters. The van der Waals surface area contributed by atoms with E-state index in [-0.39, 0.29) is 11.7 Å². The van der Waals surface area contributed by atoms with E-state index in [0.29, 0.717) is 12.5 Å². The molecule has 0 aliphatic rings. The van der Waals surface area contributed by atoms with E-state index in [1.165, 1.54) is 5.56 Å². The smallest absolute Gasteiger partial charge is 0.204 e. The van der Waals surface area contributed by atoms with Gasteiger partial charge in [0.25, 0.3) is 0 Å². The molecule has 0 spiro atoms. The first kappa shape index (κ1) is 16.0. The monoisotopic (exact) mass is 264 g/mol. The predicted octanol–water partition coefficient (Wildman–Crippen LogP) is 4.99. The minimum atomic E-state index is -0.216. The van der Waals surface area contributed by atoms with Crippen LogP contribution in [0.4, 0.5) is 0 Å². The van der Waals surface area contributed by atoms with Crippen LogP contribution in [0.3, 0.4) is 0 Å². The van der Waals surface area contributed by atoms with Crippen molar-refractivity contribution in [2.24, 2.45) is 5.41 Å². The lowest BCUT2D eigenvalue weighted by Gasteiger charge is -2.30. The van der Waals surface area contributed by atoms with E-state index < -0.39 is 0 Å². The van der Waals surface area contributed by atoms with Gasteiger partial charge in [-0.2, -0.15) is 0 Å². The fourth-order valence-electron chi connectivity index (χ4n) is 1.85. The van der Waals surface area contributed by atoms with Crippen molar-refractivity contribution in [3.05, 3.63) is 29.8 Å². The van der Waals surface area contributed by atoms with Gasteiger partial charge in [-0.25, -0.2) is 0 Å². The molecule has 0 amide bonds. The first-order valence-corrected chi connectivity index (χ1v) is 7.26. The van der Waals surface area contributed by atoms with E-state index in [1.807, 2.05) is 19.1 Å². The molecule has 108 valence electrons. The summed E-state index contributed by atoms with van der Waals surface area (Å²) in [6.45, 7) is 13.5. The molecule has 0 radical (unpaired) electrons. The van der Waals surface area contributed by atoms with Crippen LogP contribution < -0.4 is 4.74 Å². The van der Waals surface area contributed by atoms with E-state index in [2.05, 4.69) is 46.8 Å². The SMILES string of the molecule is CCO[C@@H](Oc1ccc(C(C)CC)cc1)C(C)(C)C. The molecule has 0 saturated heterocycles. The van der Waals surface area contributed by atoms with Gasteiger partial charge in [0.05, 0.1) is 0 Å². The lowest BCUT2D eigenvalue weighted by Crippen LogP contribution is -2.34. The van der Waals surface area contributed by atoms with Crippen molar-refractivity contribution in [3.63, 3.8) is 0 Å². The topological polar surface area (TPSA) is 18.5 Å². The molecular weight excluding hydrogens is 236 g/mol. The Kier molecular flexibility index (Phi) is 5.86. The van der Waals surface area contributed by atoms with Crippen LogP contribution in [0.25, 0.3) is 0 Å². The zero-order chi connectivity index (χ0) is 14.5. The minimum absolute atomic E-state index is 0.0363. The zero-order valence-electron chi connectivity index (χ0n) is 13.2. The summed E-state index contributed by atoms with van der Waals surface area (Å²) < 4.78 is 11.7. The summed E-state index contributed by atoms with van der Waals surface area (Å²) in [7, 11) is 0. The van der Waals surface area contributed by atoms with Gasteiger partial charge in [-0.1, -0.05) is 46.8 Å². The molecule has 0 bridgehead atoms. The maximum atomic E-state index is 5.97. The highest BCUT2D eigenvalue weighted by Crippen LogP contribution is 2.27. The van der Waals surface area contributed by atoms with Crippen molar-refractivity contribution in [2.75, 3.05) is 6.61 Å². The number of hydrogen-bond donors (Lipinski definition) is 0. The zero-order valence-corrected chi connectivity index (χ0v) is 13.2. The van der Waals surface area contributed by atoms with Crippen LogP contribution >= 0.6 is 0 Å². The fourth-order valence-corrected chi connectivity index (χ4v) is 1.85. The van der Waals surface area contributed by atoms with Crippen molar-refractivity contribution < 1.29 is 9.47 Å². The summed E-state index contributed by atoms with van der Waals surface area (Å²) in [4.78, 5) is 0. The second-order valence-corrected chi connectivity index (χ2v) is 6.15. The quantitative estimate of drug-likeness (QED) is 0.674. The number of ether oxygens (including phenoxy) is 2. The normalized spacial score (nSPS) is 15.1. The van der Waals surface area contributed by atoms with Crippen LogP contribution in [-0.2, 0) is 4.74 Å². The van der Waals surface area contributed by atoms with Crippen LogP contribution in [-0.4, -0.2) is 12.9 Å². The standard InChI is InChI=1S/C17H28O2/c1-7-13(3)14-9-11-15(12-10-14)19-16(18-8-2)17(4,5)6/h9-13,16H,7-8H2,1-6H3/t13?,16-/m0/s1. The average Bonchev–Trinajstić information content (AvgIpc) is 2.37. The van der Waals surface area contributed by atoms with Gasteiger partial charge in [0, 0.05) is 12.0 Å². The molecule has 1 aromatic rings. The van der Waals surface area contributed by atoms with Gasteiger partial charge in [-0.05, 0) is 37.0 Å². The van der Waals surface area contributed by atoms with Crippen LogP contribution in [0, 0.1) is 5.41 Å². The van der Waals surface area contributed by atoms with Crippen molar-refractivity contribution in [1.29, 1.82) is 0 Å². The predicted molar refractivity (Wildman–Crippen MR) is 80.6 cm³/mol. The summed E-state index contributed by atoms with van der Waals surface area (Å²) in [5, 5.41) is 0. The molecule has 2 atom stereocenters. The van der Waals surface area contributed by atoms with Crippen LogP contribution in [0.1, 0.15) is 59.4 Å². The summed E-state index contributed by atoms with van der Waals surface area (Å²) in [6, 6.07) is 8.38. The molecule has 0 N–H and O–H groups in total. The second-order valence-electron chi connectivity index (χ2n) is 6.15. The van der Waals surface area contributed by atoms with Gasteiger partial charge in [-0.15, -0.1) is 0 Å². The molecule has 0 aliphatic carbocycles. The van der Waals surface area contributed by atoms with Gasteiger partial charge in [0.1, 0.15) is 5.75 Å². The van der Waals surface area contributed by atoms with E-state index >= 15 is 0 Å². The largest absolute Gasteiger partial charge is 0.464 e. The lowest BCUT2D eigenvalue weighted by molar-refractivity contribution is -0.137. The second kappa shape index (κ2) is 6.95. The molecule has 0 saturated carbocycles. The molecule has 0 heterocycles. The Morgan fingerprint density at radius 1 is 1.05 bits per heavy atom. The number of rotatable bonds is 6. The van der Waals surface area contributed by atoms with Crippen molar-refractivity contribution in [1.82, 2.24) is 0 Å². The fraction of sp³-hybridized carbons (Fsp3) is 0.647. The Bertz CT molecular complexity index is 362. The minimum Gasteiger partial charge on any atom is -0.464 e. The number of hydrogen-bond acceptors (Lipinski definition) is 2. The highest BCUT2D eigenvalue weighted by atomic mass is 16.7. The number of benzene rings is 1. The highest BCUT2D eigenvalue weighted by molar-refractivity contribution is 5.29. The van der Waals surface area contributed by atoms with Crippen molar-refractivity contribution in [3.8, 4) is 5.75 Å². The van der Waals surface area contributed by atoms with Crippen molar-refractivity contribution in [2.45, 2.75) is 60.2 Å². The van der Waals surface area contributed by atoms with Gasteiger partial charge in [0.15, 0.2) is 0 Å². The molecule has 2 heteroatoms. The van der Waals surface area contributed by atoms with Crippen molar-refractivity contribution >= 4 is 0 Å². The molecular formula is C17H28O2. The van der Waals surface area contributed by atoms with Gasteiger partial charge in [0.2, 0.25) is 6.29 Å². The van der Waals surface area contributed by atoms with E-state index in [0.717, 1.165) is 12.2 Å². The van der Waals surface area contributed by atoms with Crippen LogP contribution in [0.15, 0.2) is 24.3 Å². The van der Waals surface area contributed by atoms with E-state index in [4.69, 9.17) is 9.47 Å². The Hall–Kier alpha value is -1.02. The molecule has 2 nitrogen and oxygen atoms in total. The molecule has 1 aromatic carbocycles. The summed E-state index contributed by atoms with van der Waals surface area (Å²) in [5.41, 5.74) is 1.32.